The minimum atomic E-state index is -3.94. The van der Waals surface area contributed by atoms with Crippen molar-refractivity contribution in [3.05, 3.63) is 30.6 Å². The van der Waals surface area contributed by atoms with Crippen molar-refractivity contribution in [2.75, 3.05) is 18.4 Å². The highest BCUT2D eigenvalue weighted by Crippen LogP contribution is 2.32. The minimum absolute atomic E-state index is 0.0383. The molecule has 11 heteroatoms. The van der Waals surface area contributed by atoms with Gasteiger partial charge in [-0.25, -0.2) is 18.0 Å². The molecule has 1 atom stereocenters. The SMILES string of the molecule is CC(C)(C)OC(=O)Nc1cncc2cccc(S(=O)(=O)N3CC[C@H](NC(=O)OC(C)(C)C)C3)c12. The van der Waals surface area contributed by atoms with Gasteiger partial charge >= 0.3 is 12.2 Å². The Hall–Kier alpha value is -2.92. The Morgan fingerprint density at radius 3 is 2.32 bits per heavy atom. The second-order valence-electron chi connectivity index (χ2n) is 10.2. The number of sulfonamides is 1. The molecular formula is C23H32N4O6S. The van der Waals surface area contributed by atoms with Gasteiger partial charge in [0, 0.05) is 36.1 Å². The molecule has 0 bridgehead atoms. The van der Waals surface area contributed by atoms with Crippen molar-refractivity contribution in [3.63, 3.8) is 0 Å². The maximum atomic E-state index is 13.6. The lowest BCUT2D eigenvalue weighted by atomic mass is 10.1. The molecule has 1 aromatic carbocycles. The third-order valence-electron chi connectivity index (χ3n) is 4.87. The maximum Gasteiger partial charge on any atom is 0.412 e. The van der Waals surface area contributed by atoms with Crippen LogP contribution < -0.4 is 10.6 Å². The number of carbonyl (C=O) groups excluding carboxylic acids is 2. The molecule has 0 spiro atoms. The van der Waals surface area contributed by atoms with Crippen LogP contribution in [0.15, 0.2) is 35.5 Å². The van der Waals surface area contributed by atoms with Crippen LogP contribution in [0.2, 0.25) is 0 Å². The van der Waals surface area contributed by atoms with Crippen LogP contribution in [0.3, 0.4) is 0 Å². The van der Waals surface area contributed by atoms with Gasteiger partial charge in [-0.1, -0.05) is 12.1 Å². The number of amides is 2. The molecule has 1 aliphatic heterocycles. The number of nitrogens with zero attached hydrogens (tertiary/aromatic N) is 2. The molecule has 3 rings (SSSR count). The molecule has 0 radical (unpaired) electrons. The van der Waals surface area contributed by atoms with Gasteiger partial charge in [0.15, 0.2) is 0 Å². The Morgan fingerprint density at radius 2 is 1.68 bits per heavy atom. The van der Waals surface area contributed by atoms with E-state index in [2.05, 4.69) is 15.6 Å². The van der Waals surface area contributed by atoms with E-state index in [1.807, 2.05) is 0 Å². The molecule has 1 fully saturated rings. The summed E-state index contributed by atoms with van der Waals surface area (Å²) in [7, 11) is -3.94. The van der Waals surface area contributed by atoms with E-state index in [1.165, 1.54) is 22.8 Å². The quantitative estimate of drug-likeness (QED) is 0.663. The van der Waals surface area contributed by atoms with Gasteiger partial charge < -0.3 is 14.8 Å². The standard InChI is InChI=1S/C23H32N4O6S/c1-22(2,3)32-20(28)25-16-10-11-27(14-16)34(30,31)18-9-7-8-15-12-24-13-17(19(15)18)26-21(29)33-23(4,5)6/h7-9,12-13,16H,10-11,14H2,1-6H3,(H,25,28)(H,26,29)/t16-/m0/s1. The van der Waals surface area contributed by atoms with Crippen LogP contribution in [0, 0.1) is 0 Å². The van der Waals surface area contributed by atoms with E-state index in [0.717, 1.165) is 0 Å². The topological polar surface area (TPSA) is 127 Å². The first-order valence-electron chi connectivity index (χ1n) is 11.0. The zero-order valence-corrected chi connectivity index (χ0v) is 21.2. The van der Waals surface area contributed by atoms with Gasteiger partial charge in [0.1, 0.15) is 11.2 Å². The second-order valence-corrected chi connectivity index (χ2v) is 12.1. The number of rotatable bonds is 4. The summed E-state index contributed by atoms with van der Waals surface area (Å²) in [5.74, 6) is 0. The number of benzene rings is 1. The highest BCUT2D eigenvalue weighted by atomic mass is 32.2. The molecule has 10 nitrogen and oxygen atoms in total. The number of ether oxygens (including phenoxy) is 2. The Morgan fingerprint density at radius 1 is 1.03 bits per heavy atom. The van der Waals surface area contributed by atoms with Gasteiger partial charge in [-0.05, 0) is 54.0 Å². The van der Waals surface area contributed by atoms with Gasteiger partial charge in [0.05, 0.1) is 16.8 Å². The van der Waals surface area contributed by atoms with Crippen LogP contribution in [0.25, 0.3) is 10.8 Å². The number of hydrogen-bond acceptors (Lipinski definition) is 7. The number of fused-ring (bicyclic) bond motifs is 1. The normalized spacial score (nSPS) is 17.4. The van der Waals surface area contributed by atoms with E-state index >= 15 is 0 Å². The van der Waals surface area contributed by atoms with Crippen molar-refractivity contribution in [3.8, 4) is 0 Å². The first-order valence-corrected chi connectivity index (χ1v) is 12.5. The van der Waals surface area contributed by atoms with Crippen molar-refractivity contribution in [2.45, 2.75) is 70.1 Å². The fraction of sp³-hybridized carbons (Fsp3) is 0.522. The predicted molar refractivity (Wildman–Crippen MR) is 128 cm³/mol. The van der Waals surface area contributed by atoms with Gasteiger partial charge in [-0.15, -0.1) is 0 Å². The maximum absolute atomic E-state index is 13.6. The number of hydrogen-bond donors (Lipinski definition) is 2. The number of alkyl carbamates (subject to hydrolysis) is 1. The molecule has 0 saturated carbocycles. The lowest BCUT2D eigenvalue weighted by Crippen LogP contribution is -2.41. The van der Waals surface area contributed by atoms with Crippen molar-refractivity contribution in [1.29, 1.82) is 0 Å². The van der Waals surface area contributed by atoms with E-state index in [0.29, 0.717) is 17.2 Å². The average Bonchev–Trinajstić information content (AvgIpc) is 3.14. The molecular weight excluding hydrogens is 460 g/mol. The molecule has 2 amide bonds. The van der Waals surface area contributed by atoms with Crippen molar-refractivity contribution in [1.82, 2.24) is 14.6 Å². The molecule has 34 heavy (non-hydrogen) atoms. The predicted octanol–water partition coefficient (Wildman–Crippen LogP) is 3.87. The summed E-state index contributed by atoms with van der Waals surface area (Å²) < 4.78 is 39.1. The lowest BCUT2D eigenvalue weighted by molar-refractivity contribution is 0.0506. The Balaban J connectivity index is 1.87. The molecule has 0 unspecified atom stereocenters. The first-order chi connectivity index (χ1) is 15.7. The van der Waals surface area contributed by atoms with Crippen LogP contribution in [0.5, 0.6) is 0 Å². The largest absolute Gasteiger partial charge is 0.444 e. The van der Waals surface area contributed by atoms with Crippen LogP contribution in [0.4, 0.5) is 15.3 Å². The highest BCUT2D eigenvalue weighted by molar-refractivity contribution is 7.89. The van der Waals surface area contributed by atoms with E-state index in [9.17, 15) is 18.0 Å². The summed E-state index contributed by atoms with van der Waals surface area (Å²) in [6.45, 7) is 10.8. The van der Waals surface area contributed by atoms with Crippen molar-refractivity contribution >= 4 is 38.7 Å². The van der Waals surface area contributed by atoms with E-state index in [1.54, 1.807) is 53.7 Å². The van der Waals surface area contributed by atoms with Crippen LogP contribution in [0.1, 0.15) is 48.0 Å². The van der Waals surface area contributed by atoms with Gasteiger partial charge in [-0.2, -0.15) is 4.31 Å². The zero-order chi connectivity index (χ0) is 25.3. The summed E-state index contributed by atoms with van der Waals surface area (Å²) in [4.78, 5) is 28.6. The molecule has 2 N–H and O–H groups in total. The highest BCUT2D eigenvalue weighted by Gasteiger charge is 2.35. The molecule has 0 aliphatic carbocycles. The molecule has 2 aromatic rings. The fourth-order valence-corrected chi connectivity index (χ4v) is 5.34. The van der Waals surface area contributed by atoms with Gasteiger partial charge in [-0.3, -0.25) is 10.3 Å². The number of nitrogens with one attached hydrogen (secondary N) is 2. The van der Waals surface area contributed by atoms with E-state index < -0.39 is 33.4 Å². The smallest absolute Gasteiger partial charge is 0.412 e. The Bertz CT molecular complexity index is 1180. The monoisotopic (exact) mass is 492 g/mol. The van der Waals surface area contributed by atoms with E-state index in [4.69, 9.17) is 9.47 Å². The number of carbonyl (C=O) groups is 2. The summed E-state index contributed by atoms with van der Waals surface area (Å²) in [5, 5.41) is 6.25. The Kier molecular flexibility index (Phi) is 7.09. The van der Waals surface area contributed by atoms with Crippen molar-refractivity contribution < 1.29 is 27.5 Å². The number of pyridine rings is 1. The molecule has 1 aromatic heterocycles. The summed E-state index contributed by atoms with van der Waals surface area (Å²) in [5.41, 5.74) is -1.14. The average molecular weight is 493 g/mol. The molecule has 2 heterocycles. The molecule has 186 valence electrons. The third kappa shape index (κ3) is 6.35. The second kappa shape index (κ2) is 9.38. The number of anilines is 1. The first kappa shape index (κ1) is 25.7. The summed E-state index contributed by atoms with van der Waals surface area (Å²) in [6, 6.07) is 4.46. The summed E-state index contributed by atoms with van der Waals surface area (Å²) in [6.07, 6.45) is 2.08. The van der Waals surface area contributed by atoms with Crippen LogP contribution in [-0.2, 0) is 19.5 Å². The fourth-order valence-electron chi connectivity index (χ4n) is 3.60. The van der Waals surface area contributed by atoms with E-state index in [-0.39, 0.29) is 29.7 Å². The zero-order valence-electron chi connectivity index (χ0n) is 20.3. The Labute approximate surface area is 200 Å². The lowest BCUT2D eigenvalue weighted by Gasteiger charge is -2.22. The van der Waals surface area contributed by atoms with Gasteiger partial charge in [0.25, 0.3) is 0 Å². The van der Waals surface area contributed by atoms with Crippen molar-refractivity contribution in [2.24, 2.45) is 0 Å². The number of aromatic nitrogens is 1. The van der Waals surface area contributed by atoms with Crippen LogP contribution in [-0.4, -0.2) is 60.2 Å². The van der Waals surface area contributed by atoms with Gasteiger partial charge in [0.2, 0.25) is 10.0 Å². The molecule has 1 saturated heterocycles. The van der Waals surface area contributed by atoms with Crippen LogP contribution >= 0.6 is 0 Å². The summed E-state index contributed by atoms with van der Waals surface area (Å²) >= 11 is 0. The third-order valence-corrected chi connectivity index (χ3v) is 6.78. The minimum Gasteiger partial charge on any atom is -0.444 e. The molecule has 1 aliphatic rings.